The molecular weight excluding hydrogens is 362 g/mol. The van der Waals surface area contributed by atoms with Crippen molar-refractivity contribution < 1.29 is 31.7 Å². The average Bonchev–Trinajstić information content (AvgIpc) is 2.77. The number of piperidine rings is 1. The SMILES string of the molecule is O=C(NOC1CCCSC1)[C@@H]1CC[C@@H]2CN1C(=O)N2OS(=O)(=O)O. The summed E-state index contributed by atoms with van der Waals surface area (Å²) in [6.07, 6.45) is 2.60. The number of hydrogen-bond acceptors (Lipinski definition) is 7. The van der Waals surface area contributed by atoms with E-state index in [1.807, 2.05) is 0 Å². The second-order valence-corrected chi connectivity index (χ2v) is 8.09. The molecule has 0 radical (unpaired) electrons. The van der Waals surface area contributed by atoms with E-state index in [0.29, 0.717) is 17.9 Å². The molecule has 2 bridgehead atoms. The number of hydrogen-bond donors (Lipinski definition) is 2. The van der Waals surface area contributed by atoms with Crippen molar-refractivity contribution in [1.29, 1.82) is 0 Å². The number of nitrogens with one attached hydrogen (secondary N) is 1. The Kier molecular flexibility index (Phi) is 5.20. The molecule has 12 heteroatoms. The van der Waals surface area contributed by atoms with Crippen LogP contribution in [0.2, 0.25) is 0 Å². The molecule has 0 saturated carbocycles. The molecule has 2 N–H and O–H groups in total. The van der Waals surface area contributed by atoms with E-state index >= 15 is 0 Å². The summed E-state index contributed by atoms with van der Waals surface area (Å²) < 4.78 is 34.7. The standard InChI is InChI=1S/C12H19N3O7S2/c16-11(13-21-9-2-1-5-23-7-9)10-4-3-8-6-14(10)12(17)15(8)22-24(18,19)20/h8-10H,1-7H2,(H,13,16)(H,18,19,20)/t8-,9?,10+/m1/s1. The minimum Gasteiger partial charge on any atom is -0.309 e. The van der Waals surface area contributed by atoms with E-state index in [0.717, 1.165) is 24.3 Å². The van der Waals surface area contributed by atoms with Gasteiger partial charge in [-0.05, 0) is 31.4 Å². The number of urea groups is 1. The second-order valence-electron chi connectivity index (χ2n) is 5.93. The Hall–Kier alpha value is -1.08. The second kappa shape index (κ2) is 7.04. The van der Waals surface area contributed by atoms with Crippen molar-refractivity contribution in [3.63, 3.8) is 0 Å². The first kappa shape index (κ1) is 17.7. The molecule has 3 aliphatic rings. The summed E-state index contributed by atoms with van der Waals surface area (Å²) in [4.78, 5) is 31.2. The lowest BCUT2D eigenvalue weighted by molar-refractivity contribution is -0.143. The summed E-state index contributed by atoms with van der Waals surface area (Å²) in [5.41, 5.74) is 2.42. The highest BCUT2D eigenvalue weighted by Crippen LogP contribution is 2.30. The number of carbonyl (C=O) groups is 2. The Bertz CT molecular complexity index is 608. The van der Waals surface area contributed by atoms with E-state index in [1.54, 1.807) is 11.8 Å². The third kappa shape index (κ3) is 3.94. The fourth-order valence-corrected chi connectivity index (χ4v) is 4.54. The Morgan fingerprint density at radius 3 is 2.79 bits per heavy atom. The molecule has 3 fully saturated rings. The van der Waals surface area contributed by atoms with E-state index in [-0.39, 0.29) is 12.6 Å². The maximum absolute atomic E-state index is 12.3. The van der Waals surface area contributed by atoms with Gasteiger partial charge in [0.05, 0.1) is 12.1 Å². The zero-order chi connectivity index (χ0) is 17.3. The van der Waals surface area contributed by atoms with Gasteiger partial charge in [-0.25, -0.2) is 10.3 Å². The Labute approximate surface area is 143 Å². The quantitative estimate of drug-likeness (QED) is 0.501. The van der Waals surface area contributed by atoms with Crippen LogP contribution in [0, 0.1) is 0 Å². The van der Waals surface area contributed by atoms with E-state index in [4.69, 9.17) is 9.39 Å². The number of amides is 3. The summed E-state index contributed by atoms with van der Waals surface area (Å²) >= 11 is 1.76. The van der Waals surface area contributed by atoms with Crippen LogP contribution in [0.3, 0.4) is 0 Å². The summed E-state index contributed by atoms with van der Waals surface area (Å²) in [6, 6.07) is -2.03. The number of carbonyl (C=O) groups excluding carboxylic acids is 2. The Morgan fingerprint density at radius 1 is 1.33 bits per heavy atom. The molecular formula is C12H19N3O7S2. The van der Waals surface area contributed by atoms with Crippen molar-refractivity contribution in [1.82, 2.24) is 15.4 Å². The van der Waals surface area contributed by atoms with Crippen LogP contribution < -0.4 is 5.48 Å². The molecule has 1 unspecified atom stereocenters. The molecule has 0 aromatic rings. The Balaban J connectivity index is 1.58. The van der Waals surface area contributed by atoms with E-state index in [1.165, 1.54) is 4.90 Å². The average molecular weight is 381 g/mol. The summed E-state index contributed by atoms with van der Waals surface area (Å²) in [5.74, 6) is 1.46. The molecule has 0 spiro atoms. The number of nitrogens with zero attached hydrogens (tertiary/aromatic N) is 2. The zero-order valence-electron chi connectivity index (χ0n) is 12.8. The fourth-order valence-electron chi connectivity index (χ4n) is 3.12. The van der Waals surface area contributed by atoms with Gasteiger partial charge in [-0.15, -0.1) is 4.28 Å². The molecule has 3 amide bonds. The lowest BCUT2D eigenvalue weighted by Crippen LogP contribution is -2.50. The molecule has 3 heterocycles. The van der Waals surface area contributed by atoms with Crippen molar-refractivity contribution in [3.05, 3.63) is 0 Å². The van der Waals surface area contributed by atoms with E-state index in [2.05, 4.69) is 9.76 Å². The summed E-state index contributed by atoms with van der Waals surface area (Å²) in [6.45, 7) is 0.158. The van der Waals surface area contributed by atoms with Gasteiger partial charge in [0.15, 0.2) is 0 Å². The van der Waals surface area contributed by atoms with Crippen LogP contribution in [0.1, 0.15) is 25.7 Å². The van der Waals surface area contributed by atoms with Crippen molar-refractivity contribution >= 4 is 34.1 Å². The molecule has 3 saturated heterocycles. The third-order valence-corrected chi connectivity index (χ3v) is 5.78. The number of hydroxylamine groups is 3. The first-order valence-corrected chi connectivity index (χ1v) is 10.2. The summed E-state index contributed by atoms with van der Waals surface area (Å²) in [7, 11) is -4.79. The lowest BCUT2D eigenvalue weighted by atomic mass is 10.0. The monoisotopic (exact) mass is 381 g/mol. The third-order valence-electron chi connectivity index (χ3n) is 4.24. The highest BCUT2D eigenvalue weighted by Gasteiger charge is 2.49. The largest absolute Gasteiger partial charge is 0.418 e. The lowest BCUT2D eigenvalue weighted by Gasteiger charge is -2.30. The van der Waals surface area contributed by atoms with Crippen LogP contribution in [0.15, 0.2) is 0 Å². The van der Waals surface area contributed by atoms with Gasteiger partial charge >= 0.3 is 16.4 Å². The highest BCUT2D eigenvalue weighted by molar-refractivity contribution is 7.99. The van der Waals surface area contributed by atoms with Gasteiger partial charge in [-0.3, -0.25) is 14.2 Å². The predicted molar refractivity (Wildman–Crippen MR) is 83.0 cm³/mol. The predicted octanol–water partition coefficient (Wildman–Crippen LogP) is -0.0672. The normalized spacial score (nSPS) is 30.5. The molecule has 3 aliphatic heterocycles. The van der Waals surface area contributed by atoms with Crippen LogP contribution in [0.4, 0.5) is 4.79 Å². The van der Waals surface area contributed by atoms with Crippen molar-refractivity contribution in [2.75, 3.05) is 18.1 Å². The topological polar surface area (TPSA) is 125 Å². The number of thioether (sulfide) groups is 1. The van der Waals surface area contributed by atoms with E-state index < -0.39 is 34.4 Å². The fraction of sp³-hybridized carbons (Fsp3) is 0.833. The first-order valence-electron chi connectivity index (χ1n) is 7.65. The van der Waals surface area contributed by atoms with Gasteiger partial charge in [0.1, 0.15) is 6.04 Å². The first-order chi connectivity index (χ1) is 11.3. The number of fused-ring (bicyclic) bond motifs is 2. The van der Waals surface area contributed by atoms with Gasteiger partial charge in [-0.2, -0.15) is 25.2 Å². The highest BCUT2D eigenvalue weighted by atomic mass is 32.3. The molecule has 0 aromatic carbocycles. The molecule has 10 nitrogen and oxygen atoms in total. The molecule has 0 aliphatic carbocycles. The van der Waals surface area contributed by atoms with Gasteiger partial charge in [0.2, 0.25) is 0 Å². The van der Waals surface area contributed by atoms with Crippen LogP contribution in [-0.4, -0.2) is 71.1 Å². The van der Waals surface area contributed by atoms with Crippen molar-refractivity contribution in [2.24, 2.45) is 0 Å². The minimum absolute atomic E-state index is 0.0438. The number of rotatable bonds is 5. The van der Waals surface area contributed by atoms with Gasteiger partial charge in [0, 0.05) is 12.3 Å². The van der Waals surface area contributed by atoms with Crippen LogP contribution >= 0.6 is 11.8 Å². The molecule has 24 heavy (non-hydrogen) atoms. The van der Waals surface area contributed by atoms with E-state index in [9.17, 15) is 18.0 Å². The van der Waals surface area contributed by atoms with Crippen LogP contribution in [0.25, 0.3) is 0 Å². The maximum atomic E-state index is 12.3. The smallest absolute Gasteiger partial charge is 0.309 e. The van der Waals surface area contributed by atoms with Crippen LogP contribution in [-0.2, 0) is 24.3 Å². The van der Waals surface area contributed by atoms with Crippen LogP contribution in [0.5, 0.6) is 0 Å². The molecule has 3 atom stereocenters. The van der Waals surface area contributed by atoms with Gasteiger partial charge in [0.25, 0.3) is 5.91 Å². The Morgan fingerprint density at radius 2 is 2.12 bits per heavy atom. The van der Waals surface area contributed by atoms with Crippen molar-refractivity contribution in [3.8, 4) is 0 Å². The van der Waals surface area contributed by atoms with Gasteiger partial charge < -0.3 is 4.90 Å². The molecule has 136 valence electrons. The summed E-state index contributed by atoms with van der Waals surface area (Å²) in [5, 5.41) is 0.612. The van der Waals surface area contributed by atoms with Gasteiger partial charge in [-0.1, -0.05) is 0 Å². The van der Waals surface area contributed by atoms with Crippen molar-refractivity contribution in [2.45, 2.75) is 43.9 Å². The minimum atomic E-state index is -4.79. The molecule has 3 rings (SSSR count). The maximum Gasteiger partial charge on any atom is 0.418 e. The molecule has 0 aromatic heterocycles. The zero-order valence-corrected chi connectivity index (χ0v) is 14.4.